The monoisotopic (exact) mass is 368 g/mol. The van der Waals surface area contributed by atoms with Crippen molar-refractivity contribution in [2.45, 2.75) is 39.3 Å². The minimum absolute atomic E-state index is 0.510. The highest BCUT2D eigenvalue weighted by molar-refractivity contribution is 5.88. The number of benzene rings is 1. The average Bonchev–Trinajstić information content (AvgIpc) is 3.26. The lowest BCUT2D eigenvalue weighted by atomic mass is 9.97. The van der Waals surface area contributed by atoms with Crippen LogP contribution in [0.1, 0.15) is 31.7 Å². The first-order valence-corrected chi connectivity index (χ1v) is 9.78. The molecule has 1 aliphatic rings. The van der Waals surface area contributed by atoms with E-state index in [1.165, 1.54) is 16.5 Å². The Balaban J connectivity index is 1.67. The van der Waals surface area contributed by atoms with E-state index in [1.54, 1.807) is 7.11 Å². The maximum Gasteiger partial charge on any atom is 0.181 e. The Labute approximate surface area is 160 Å². The van der Waals surface area contributed by atoms with E-state index in [-0.39, 0.29) is 0 Å². The van der Waals surface area contributed by atoms with Crippen molar-refractivity contribution in [1.29, 1.82) is 0 Å². The van der Waals surface area contributed by atoms with Gasteiger partial charge in [-0.2, -0.15) is 5.10 Å². The Morgan fingerprint density at radius 2 is 2.19 bits per heavy atom. The summed E-state index contributed by atoms with van der Waals surface area (Å²) in [6, 6.07) is 6.55. The molecule has 1 aliphatic heterocycles. The molecule has 1 fully saturated rings. The van der Waals surface area contributed by atoms with E-state index in [0.717, 1.165) is 44.1 Å². The quantitative estimate of drug-likeness (QED) is 0.608. The molecule has 0 spiro atoms. The van der Waals surface area contributed by atoms with Crippen LogP contribution >= 0.6 is 0 Å². The zero-order valence-electron chi connectivity index (χ0n) is 16.4. The fourth-order valence-electron chi connectivity index (χ4n) is 3.62. The van der Waals surface area contributed by atoms with E-state index < -0.39 is 0 Å². The molecule has 0 radical (unpaired) electrons. The summed E-state index contributed by atoms with van der Waals surface area (Å²) in [7, 11) is 1.75. The number of nitrogens with zero attached hydrogens (tertiary/aromatic N) is 4. The fourth-order valence-corrected chi connectivity index (χ4v) is 3.62. The molecule has 1 aromatic carbocycles. The Kier molecular flexibility index (Phi) is 5.27. The number of ether oxygens (including phenoxy) is 2. The van der Waals surface area contributed by atoms with Gasteiger partial charge in [0.2, 0.25) is 0 Å². The number of rotatable bonds is 8. The number of fused-ring (bicyclic) bond motifs is 1. The average molecular weight is 368 g/mol. The van der Waals surface area contributed by atoms with E-state index in [9.17, 15) is 0 Å². The van der Waals surface area contributed by atoms with Gasteiger partial charge in [-0.05, 0) is 36.1 Å². The van der Waals surface area contributed by atoms with Crippen LogP contribution < -0.4 is 0 Å². The zero-order chi connectivity index (χ0) is 18.8. The van der Waals surface area contributed by atoms with Gasteiger partial charge in [0.15, 0.2) is 5.82 Å². The summed E-state index contributed by atoms with van der Waals surface area (Å²) in [6.45, 7) is 8.63. The summed E-state index contributed by atoms with van der Waals surface area (Å²) >= 11 is 0. The Morgan fingerprint density at radius 1 is 1.33 bits per heavy atom. The Hall–Kier alpha value is -2.18. The summed E-state index contributed by atoms with van der Waals surface area (Å²) in [5, 5.41) is 5.98. The molecule has 1 saturated heterocycles. The van der Waals surface area contributed by atoms with Crippen molar-refractivity contribution in [2.75, 3.05) is 26.9 Å². The van der Waals surface area contributed by atoms with Gasteiger partial charge in [0, 0.05) is 48.8 Å². The van der Waals surface area contributed by atoms with Gasteiger partial charge in [0.25, 0.3) is 0 Å². The lowest BCUT2D eigenvalue weighted by Gasteiger charge is -2.25. The van der Waals surface area contributed by atoms with Crippen molar-refractivity contribution in [1.82, 2.24) is 19.3 Å². The first kappa shape index (κ1) is 18.2. The number of hydrogen-bond acceptors (Lipinski definition) is 4. The maximum atomic E-state index is 5.28. The fraction of sp³-hybridized carbons (Fsp3) is 0.524. The van der Waals surface area contributed by atoms with Gasteiger partial charge in [0.1, 0.15) is 6.33 Å². The van der Waals surface area contributed by atoms with Crippen LogP contribution in [0, 0.1) is 5.92 Å². The second-order valence-corrected chi connectivity index (χ2v) is 7.51. The van der Waals surface area contributed by atoms with Gasteiger partial charge in [-0.1, -0.05) is 13.8 Å². The van der Waals surface area contributed by atoms with Crippen LogP contribution in [0.25, 0.3) is 22.3 Å². The third-order valence-corrected chi connectivity index (χ3v) is 5.54. The second-order valence-electron chi connectivity index (χ2n) is 7.51. The van der Waals surface area contributed by atoms with Gasteiger partial charge >= 0.3 is 0 Å². The summed E-state index contributed by atoms with van der Waals surface area (Å²) in [5.74, 6) is 1.86. The van der Waals surface area contributed by atoms with Crippen LogP contribution in [-0.4, -0.2) is 46.3 Å². The minimum atomic E-state index is 0.510. The third-order valence-electron chi connectivity index (χ3n) is 5.54. The van der Waals surface area contributed by atoms with Gasteiger partial charge in [-0.15, -0.1) is 0 Å². The number of aromatic nitrogens is 4. The van der Waals surface area contributed by atoms with E-state index in [1.807, 2.05) is 11.0 Å². The maximum absolute atomic E-state index is 5.28. The van der Waals surface area contributed by atoms with E-state index >= 15 is 0 Å². The van der Waals surface area contributed by atoms with Crippen LogP contribution in [0.5, 0.6) is 0 Å². The molecule has 4 rings (SSSR count). The lowest BCUT2D eigenvalue weighted by molar-refractivity contribution is -0.0408. The number of methoxy groups -OCH3 is 1. The molecule has 1 unspecified atom stereocenters. The first-order chi connectivity index (χ1) is 13.2. The normalized spacial score (nSPS) is 16.0. The van der Waals surface area contributed by atoms with E-state index in [4.69, 9.17) is 9.47 Å². The van der Waals surface area contributed by atoms with Gasteiger partial charge in [-0.3, -0.25) is 4.68 Å². The second kappa shape index (κ2) is 7.82. The topological polar surface area (TPSA) is 54.1 Å². The molecular weight excluding hydrogens is 340 g/mol. The van der Waals surface area contributed by atoms with Gasteiger partial charge in [-0.25, -0.2) is 4.98 Å². The van der Waals surface area contributed by atoms with E-state index in [0.29, 0.717) is 18.4 Å². The summed E-state index contributed by atoms with van der Waals surface area (Å²) in [6.07, 6.45) is 5.23. The van der Waals surface area contributed by atoms with Crippen molar-refractivity contribution in [3.05, 3.63) is 36.3 Å². The summed E-state index contributed by atoms with van der Waals surface area (Å²) in [4.78, 5) is 4.54. The van der Waals surface area contributed by atoms with E-state index in [2.05, 4.69) is 52.9 Å². The van der Waals surface area contributed by atoms with Gasteiger partial charge < -0.3 is 14.0 Å². The minimum Gasteiger partial charge on any atom is -0.383 e. The molecule has 27 heavy (non-hydrogen) atoms. The van der Waals surface area contributed by atoms with Crippen LogP contribution in [0.15, 0.2) is 30.7 Å². The third kappa shape index (κ3) is 3.64. The molecule has 0 N–H and O–H groups in total. The molecule has 1 atom stereocenters. The molecule has 144 valence electrons. The molecular formula is C21H28N4O2. The largest absolute Gasteiger partial charge is 0.383 e. The van der Waals surface area contributed by atoms with Crippen LogP contribution in [0.4, 0.5) is 0 Å². The van der Waals surface area contributed by atoms with Crippen molar-refractivity contribution in [2.24, 2.45) is 5.92 Å². The van der Waals surface area contributed by atoms with Crippen LogP contribution in [0.2, 0.25) is 0 Å². The summed E-state index contributed by atoms with van der Waals surface area (Å²) < 4.78 is 14.8. The van der Waals surface area contributed by atoms with Crippen molar-refractivity contribution < 1.29 is 9.47 Å². The highest BCUT2D eigenvalue weighted by atomic mass is 16.5. The first-order valence-electron chi connectivity index (χ1n) is 9.78. The lowest BCUT2D eigenvalue weighted by Crippen LogP contribution is -2.31. The molecule has 6 nitrogen and oxygen atoms in total. The molecule has 2 aromatic heterocycles. The predicted octanol–water partition coefficient (Wildman–Crippen LogP) is 3.71. The highest BCUT2D eigenvalue weighted by Crippen LogP contribution is 2.32. The Morgan fingerprint density at radius 3 is 2.89 bits per heavy atom. The van der Waals surface area contributed by atoms with Crippen LogP contribution in [-0.2, 0) is 22.6 Å². The van der Waals surface area contributed by atoms with Crippen molar-refractivity contribution in [3.63, 3.8) is 0 Å². The molecule has 0 amide bonds. The molecule has 0 bridgehead atoms. The van der Waals surface area contributed by atoms with Gasteiger partial charge in [0.05, 0.1) is 19.8 Å². The van der Waals surface area contributed by atoms with Crippen LogP contribution in [0.3, 0.4) is 0 Å². The predicted molar refractivity (Wildman–Crippen MR) is 106 cm³/mol. The SMILES string of the molecule is CCC(C)c1cn(CCOC)c2ccc(-c3ncn(CC4COC4)n3)cc12. The molecule has 0 saturated carbocycles. The van der Waals surface area contributed by atoms with Crippen molar-refractivity contribution >= 4 is 10.9 Å². The number of hydrogen-bond donors (Lipinski definition) is 0. The zero-order valence-corrected chi connectivity index (χ0v) is 16.4. The molecule has 0 aliphatic carbocycles. The van der Waals surface area contributed by atoms with Crippen molar-refractivity contribution in [3.8, 4) is 11.4 Å². The summed E-state index contributed by atoms with van der Waals surface area (Å²) in [5.41, 5.74) is 3.70. The molecule has 6 heteroatoms. The molecule has 3 aromatic rings. The standard InChI is InChI=1S/C21H28N4O2/c1-4-15(2)19-11-24(7-8-26-3)20-6-5-17(9-18(19)20)21-22-14-25(23-21)10-16-12-27-13-16/h5-6,9,11,14-16H,4,7-8,10,12-13H2,1-3H3. The Bertz CT molecular complexity index is 910. The molecule has 3 heterocycles. The smallest absolute Gasteiger partial charge is 0.181 e. The highest BCUT2D eigenvalue weighted by Gasteiger charge is 2.20.